The van der Waals surface area contributed by atoms with E-state index in [0.29, 0.717) is 6.42 Å². The van der Waals surface area contributed by atoms with Crippen molar-refractivity contribution in [2.24, 2.45) is 11.1 Å². The second-order valence-electron chi connectivity index (χ2n) is 5.02. The molecule has 1 fully saturated rings. The van der Waals surface area contributed by atoms with E-state index in [-0.39, 0.29) is 12.0 Å². The maximum Gasteiger partial charge on any atom is 0.264 e. The van der Waals surface area contributed by atoms with Gasteiger partial charge in [0.15, 0.2) is 0 Å². The van der Waals surface area contributed by atoms with Crippen LogP contribution in [0.3, 0.4) is 0 Å². The van der Waals surface area contributed by atoms with Gasteiger partial charge in [0.1, 0.15) is 5.60 Å². The predicted octanol–water partition coefficient (Wildman–Crippen LogP) is 0.870. The summed E-state index contributed by atoms with van der Waals surface area (Å²) in [6.45, 7) is 4.48. The van der Waals surface area contributed by atoms with Gasteiger partial charge in [-0.3, -0.25) is 4.18 Å². The summed E-state index contributed by atoms with van der Waals surface area (Å²) < 4.78 is 27.3. The molecule has 14 heavy (non-hydrogen) atoms. The first-order valence-electron chi connectivity index (χ1n) is 4.79. The largest absolute Gasteiger partial charge is 0.328 e. The standard InChI is InChI=1S/C9H19NO3S/c1-8(2)4-5-9(6-8,7-10)13-14(3,11)12/h4-7,10H2,1-3H3/t9-/m0/s1. The summed E-state index contributed by atoms with van der Waals surface area (Å²) >= 11 is 0. The Morgan fingerprint density at radius 1 is 1.36 bits per heavy atom. The molecule has 4 nitrogen and oxygen atoms in total. The minimum atomic E-state index is -3.41. The minimum Gasteiger partial charge on any atom is -0.328 e. The van der Waals surface area contributed by atoms with Crippen LogP contribution in [0.2, 0.25) is 0 Å². The van der Waals surface area contributed by atoms with Gasteiger partial charge in [-0.25, -0.2) is 0 Å². The fourth-order valence-corrected chi connectivity index (χ4v) is 3.07. The zero-order valence-electron chi connectivity index (χ0n) is 9.04. The van der Waals surface area contributed by atoms with E-state index >= 15 is 0 Å². The number of hydrogen-bond donors (Lipinski definition) is 1. The third-order valence-corrected chi connectivity index (χ3v) is 3.41. The molecular formula is C9H19NO3S. The van der Waals surface area contributed by atoms with E-state index < -0.39 is 15.7 Å². The molecule has 0 aromatic carbocycles. The second kappa shape index (κ2) is 3.47. The van der Waals surface area contributed by atoms with Crippen LogP contribution in [0.1, 0.15) is 33.1 Å². The van der Waals surface area contributed by atoms with E-state index in [9.17, 15) is 8.42 Å². The summed E-state index contributed by atoms with van der Waals surface area (Å²) in [6.07, 6.45) is 3.47. The van der Waals surface area contributed by atoms with E-state index in [1.165, 1.54) is 0 Å². The van der Waals surface area contributed by atoms with Crippen molar-refractivity contribution in [1.29, 1.82) is 0 Å². The number of nitrogens with two attached hydrogens (primary N) is 1. The lowest BCUT2D eigenvalue weighted by Gasteiger charge is -2.28. The molecule has 0 amide bonds. The highest BCUT2D eigenvalue weighted by atomic mass is 32.2. The molecule has 1 saturated carbocycles. The Morgan fingerprint density at radius 2 is 1.93 bits per heavy atom. The topological polar surface area (TPSA) is 69.4 Å². The Balaban J connectivity index is 2.81. The third-order valence-electron chi connectivity index (χ3n) is 2.76. The smallest absolute Gasteiger partial charge is 0.264 e. The Labute approximate surface area is 85.9 Å². The third kappa shape index (κ3) is 2.93. The van der Waals surface area contributed by atoms with E-state index in [2.05, 4.69) is 13.8 Å². The van der Waals surface area contributed by atoms with E-state index in [1.54, 1.807) is 0 Å². The molecule has 1 atom stereocenters. The van der Waals surface area contributed by atoms with Gasteiger partial charge in [-0.1, -0.05) is 13.8 Å². The van der Waals surface area contributed by atoms with Gasteiger partial charge in [0.05, 0.1) is 6.26 Å². The Kier molecular flexibility index (Phi) is 2.96. The Bertz CT molecular complexity index is 310. The average molecular weight is 221 g/mol. The van der Waals surface area contributed by atoms with Gasteiger partial charge in [0, 0.05) is 6.54 Å². The van der Waals surface area contributed by atoms with Crippen molar-refractivity contribution in [3.63, 3.8) is 0 Å². The molecule has 2 N–H and O–H groups in total. The summed E-state index contributed by atoms with van der Waals surface area (Å²) in [5.74, 6) is 0. The van der Waals surface area contributed by atoms with Crippen LogP contribution >= 0.6 is 0 Å². The molecule has 1 aliphatic carbocycles. The van der Waals surface area contributed by atoms with Crippen molar-refractivity contribution < 1.29 is 12.6 Å². The maximum atomic E-state index is 11.1. The van der Waals surface area contributed by atoms with Crippen molar-refractivity contribution in [3.8, 4) is 0 Å². The summed E-state index contributed by atoms with van der Waals surface area (Å²) in [5.41, 5.74) is 5.08. The van der Waals surface area contributed by atoms with Crippen molar-refractivity contribution in [3.05, 3.63) is 0 Å². The SMILES string of the molecule is CC1(C)CC[C@](CN)(OS(C)(=O)=O)C1. The zero-order chi connectivity index (χ0) is 11.0. The highest BCUT2D eigenvalue weighted by Gasteiger charge is 2.45. The molecule has 0 bridgehead atoms. The van der Waals surface area contributed by atoms with Crippen LogP contribution in [0.25, 0.3) is 0 Å². The monoisotopic (exact) mass is 221 g/mol. The van der Waals surface area contributed by atoms with Gasteiger partial charge in [-0.15, -0.1) is 0 Å². The average Bonchev–Trinajstić information content (AvgIpc) is 2.24. The first-order valence-corrected chi connectivity index (χ1v) is 6.60. The molecule has 0 radical (unpaired) electrons. The molecule has 1 aliphatic rings. The molecule has 0 aromatic heterocycles. The van der Waals surface area contributed by atoms with Gasteiger partial charge in [-0.05, 0) is 24.7 Å². The van der Waals surface area contributed by atoms with Gasteiger partial charge in [0.2, 0.25) is 0 Å². The van der Waals surface area contributed by atoms with Crippen LogP contribution in [-0.2, 0) is 14.3 Å². The van der Waals surface area contributed by atoms with E-state index in [0.717, 1.165) is 19.1 Å². The molecule has 5 heteroatoms. The molecule has 0 aromatic rings. The van der Waals surface area contributed by atoms with Gasteiger partial charge in [-0.2, -0.15) is 8.42 Å². The van der Waals surface area contributed by atoms with Crippen molar-refractivity contribution >= 4 is 10.1 Å². The predicted molar refractivity (Wildman–Crippen MR) is 55.3 cm³/mol. The highest BCUT2D eigenvalue weighted by molar-refractivity contribution is 7.86. The summed E-state index contributed by atoms with van der Waals surface area (Å²) in [4.78, 5) is 0. The van der Waals surface area contributed by atoms with Gasteiger partial charge < -0.3 is 5.73 Å². The first kappa shape index (κ1) is 11.9. The molecule has 0 spiro atoms. The van der Waals surface area contributed by atoms with Crippen molar-refractivity contribution in [1.82, 2.24) is 0 Å². The van der Waals surface area contributed by atoms with Crippen LogP contribution in [0, 0.1) is 5.41 Å². The molecule has 0 saturated heterocycles. The fourth-order valence-electron chi connectivity index (χ4n) is 2.22. The first-order chi connectivity index (χ1) is 6.18. The molecule has 0 aliphatic heterocycles. The van der Waals surface area contributed by atoms with E-state index in [4.69, 9.17) is 9.92 Å². The summed E-state index contributed by atoms with van der Waals surface area (Å²) in [6, 6.07) is 0. The van der Waals surface area contributed by atoms with Crippen LogP contribution in [0.5, 0.6) is 0 Å². The van der Waals surface area contributed by atoms with Crippen LogP contribution < -0.4 is 5.73 Å². The highest BCUT2D eigenvalue weighted by Crippen LogP contribution is 2.45. The quantitative estimate of drug-likeness (QED) is 0.718. The molecule has 0 unspecified atom stereocenters. The van der Waals surface area contributed by atoms with Crippen LogP contribution in [-0.4, -0.2) is 26.8 Å². The maximum absolute atomic E-state index is 11.1. The van der Waals surface area contributed by atoms with Gasteiger partial charge in [0.25, 0.3) is 10.1 Å². The molecule has 84 valence electrons. The Hall–Kier alpha value is -0.130. The van der Waals surface area contributed by atoms with Crippen LogP contribution in [0.4, 0.5) is 0 Å². The molecule has 1 rings (SSSR count). The van der Waals surface area contributed by atoms with Crippen molar-refractivity contribution in [2.75, 3.05) is 12.8 Å². The summed E-state index contributed by atoms with van der Waals surface area (Å²) in [5, 5.41) is 0. The lowest BCUT2D eigenvalue weighted by atomic mass is 9.89. The van der Waals surface area contributed by atoms with Crippen LogP contribution in [0.15, 0.2) is 0 Å². The normalized spacial score (nSPS) is 32.0. The molecular weight excluding hydrogens is 202 g/mol. The van der Waals surface area contributed by atoms with E-state index in [1.807, 2.05) is 0 Å². The number of rotatable bonds is 3. The summed E-state index contributed by atoms with van der Waals surface area (Å²) in [7, 11) is -3.41. The zero-order valence-corrected chi connectivity index (χ0v) is 9.86. The minimum absolute atomic E-state index is 0.129. The fraction of sp³-hybridized carbons (Fsp3) is 1.00. The van der Waals surface area contributed by atoms with Crippen molar-refractivity contribution in [2.45, 2.75) is 38.7 Å². The lowest BCUT2D eigenvalue weighted by Crippen LogP contribution is -2.40. The van der Waals surface area contributed by atoms with Gasteiger partial charge >= 0.3 is 0 Å². The molecule has 0 heterocycles. The number of hydrogen-bond acceptors (Lipinski definition) is 4. The second-order valence-corrected chi connectivity index (χ2v) is 6.59. The lowest BCUT2D eigenvalue weighted by molar-refractivity contribution is 0.0828. The Morgan fingerprint density at radius 3 is 2.21 bits per heavy atom.